The maximum absolute atomic E-state index is 13.5. The molecule has 6 rings (SSSR count). The lowest BCUT2D eigenvalue weighted by molar-refractivity contribution is -0.402. The number of anilines is 2. The van der Waals surface area contributed by atoms with Crippen LogP contribution in [0.1, 0.15) is 28.5 Å². The van der Waals surface area contributed by atoms with Gasteiger partial charge in [0.1, 0.15) is 22.0 Å². The van der Waals surface area contributed by atoms with E-state index in [4.69, 9.17) is 9.15 Å². The van der Waals surface area contributed by atoms with Gasteiger partial charge in [-0.15, -0.1) is 0 Å². The number of carbonyl (C=O) groups is 2. The third kappa shape index (κ3) is 8.36. The minimum atomic E-state index is -3.62. The highest BCUT2D eigenvalue weighted by Gasteiger charge is 2.26. The van der Waals surface area contributed by atoms with Gasteiger partial charge in [-0.05, 0) is 48.5 Å². The summed E-state index contributed by atoms with van der Waals surface area (Å²) >= 11 is 0.998. The zero-order chi connectivity index (χ0) is 32.8. The van der Waals surface area contributed by atoms with Gasteiger partial charge in [0.05, 0.1) is 28.9 Å². The summed E-state index contributed by atoms with van der Waals surface area (Å²) in [5.41, 5.74) is 0.584. The van der Waals surface area contributed by atoms with Crippen LogP contribution in [0.3, 0.4) is 0 Å². The Morgan fingerprint density at radius 2 is 1.70 bits per heavy atom. The number of thiazole rings is 1. The van der Waals surface area contributed by atoms with E-state index in [1.807, 2.05) is 0 Å². The first kappa shape index (κ1) is 34.7. The predicted octanol–water partition coefficient (Wildman–Crippen LogP) is 5.32. The van der Waals surface area contributed by atoms with Crippen LogP contribution < -0.4 is 10.6 Å². The summed E-state index contributed by atoms with van der Waals surface area (Å²) in [6, 6.07) is 14.7. The van der Waals surface area contributed by atoms with Crippen LogP contribution in [0.5, 0.6) is 0 Å². The highest BCUT2D eigenvalue weighted by atomic mass is 32.2. The van der Waals surface area contributed by atoms with Crippen molar-refractivity contribution in [3.8, 4) is 0 Å². The van der Waals surface area contributed by atoms with E-state index in [9.17, 15) is 36.9 Å². The van der Waals surface area contributed by atoms with Crippen LogP contribution >= 0.6 is 11.3 Å². The topological polar surface area (TPSA) is 187 Å². The lowest BCUT2D eigenvalue weighted by Gasteiger charge is -2.26. The predicted molar refractivity (Wildman–Crippen MR) is 168 cm³/mol. The molecule has 1 aliphatic heterocycles. The minimum absolute atomic E-state index is 0. The average molecular weight is 689 g/mol. The first-order valence-corrected chi connectivity index (χ1v) is 15.5. The molecule has 1 saturated heterocycles. The van der Waals surface area contributed by atoms with Crippen molar-refractivity contribution in [1.29, 1.82) is 0 Å². The normalized spacial score (nSPS) is 13.1. The Labute approximate surface area is 270 Å². The van der Waals surface area contributed by atoms with Gasteiger partial charge in [-0.25, -0.2) is 22.2 Å². The molecule has 0 spiro atoms. The first-order valence-electron chi connectivity index (χ1n) is 13.2. The largest absolute Gasteiger partial charge is 0.433 e. The number of hydrogen-bond donors (Lipinski definition) is 2. The minimum Gasteiger partial charge on any atom is -0.395 e. The van der Waals surface area contributed by atoms with Crippen LogP contribution in [0.4, 0.5) is 25.5 Å². The smallest absolute Gasteiger partial charge is 0.395 e. The number of halogens is 2. The van der Waals surface area contributed by atoms with Crippen molar-refractivity contribution in [2.45, 2.75) is 12.3 Å². The number of amides is 2. The van der Waals surface area contributed by atoms with Crippen LogP contribution in [-0.2, 0) is 14.8 Å². The van der Waals surface area contributed by atoms with Crippen molar-refractivity contribution in [2.24, 2.45) is 0 Å². The number of rotatable bonds is 7. The fourth-order valence-electron chi connectivity index (χ4n) is 4.06. The van der Waals surface area contributed by atoms with Crippen molar-refractivity contribution in [3.63, 3.8) is 0 Å². The Hall–Kier alpha value is -5.17. The molecule has 246 valence electrons. The fraction of sp³-hybridized carbons (Fsp3) is 0.172. The maximum atomic E-state index is 13.5. The van der Waals surface area contributed by atoms with Crippen LogP contribution in [0.2, 0.25) is 0 Å². The van der Waals surface area contributed by atoms with Crippen molar-refractivity contribution >= 4 is 60.1 Å². The summed E-state index contributed by atoms with van der Waals surface area (Å²) in [5.74, 6) is -3.33. The molecule has 4 heterocycles. The van der Waals surface area contributed by atoms with E-state index < -0.39 is 44.3 Å². The molecule has 1 aliphatic rings. The third-order valence-electron chi connectivity index (χ3n) is 6.25. The van der Waals surface area contributed by atoms with Crippen molar-refractivity contribution in [2.75, 3.05) is 36.9 Å². The second-order valence-corrected chi connectivity index (χ2v) is 12.3. The van der Waals surface area contributed by atoms with Gasteiger partial charge in [-0.1, -0.05) is 24.8 Å². The number of pyridine rings is 1. The Bertz CT molecular complexity index is 2000. The van der Waals surface area contributed by atoms with Crippen LogP contribution in [0.15, 0.2) is 82.2 Å². The van der Waals surface area contributed by atoms with E-state index in [1.54, 1.807) is 18.2 Å². The van der Waals surface area contributed by atoms with E-state index in [0.29, 0.717) is 23.6 Å². The number of hydrogen-bond acceptors (Lipinski definition) is 11. The lowest BCUT2D eigenvalue weighted by Crippen LogP contribution is -2.40. The number of furan rings is 1. The van der Waals surface area contributed by atoms with Crippen LogP contribution in [0.25, 0.3) is 10.2 Å². The number of nitro groups is 1. The number of sulfonamides is 1. The molecule has 0 aliphatic carbocycles. The highest BCUT2D eigenvalue weighted by Crippen LogP contribution is 2.29. The summed E-state index contributed by atoms with van der Waals surface area (Å²) in [6.07, 6.45) is 1.49. The number of aromatic nitrogens is 2. The molecule has 5 aromatic rings. The molecular formula is C29H26F2N6O8S2. The zero-order valence-electron chi connectivity index (χ0n) is 23.4. The summed E-state index contributed by atoms with van der Waals surface area (Å²) in [4.78, 5) is 41.6. The summed E-state index contributed by atoms with van der Waals surface area (Å²) in [6.45, 7) is 1.28. The number of carbonyl (C=O) groups excluding carboxylic acids is 2. The van der Waals surface area contributed by atoms with Crippen molar-refractivity contribution in [3.05, 3.63) is 106 Å². The van der Waals surface area contributed by atoms with Gasteiger partial charge in [-0.2, -0.15) is 4.31 Å². The van der Waals surface area contributed by atoms with Gasteiger partial charge in [0.25, 0.3) is 11.8 Å². The maximum Gasteiger partial charge on any atom is 0.433 e. The summed E-state index contributed by atoms with van der Waals surface area (Å²) in [7, 11) is -3.62. The molecule has 0 bridgehead atoms. The molecule has 2 N–H and O–H groups in total. The fourth-order valence-corrected chi connectivity index (χ4v) is 6.36. The monoisotopic (exact) mass is 688 g/mol. The van der Waals surface area contributed by atoms with Gasteiger partial charge in [0.15, 0.2) is 16.7 Å². The quantitative estimate of drug-likeness (QED) is 0.167. The number of nitrogens with one attached hydrogen (secondary N) is 2. The third-order valence-corrected chi connectivity index (χ3v) is 9.08. The van der Waals surface area contributed by atoms with E-state index in [1.165, 1.54) is 46.9 Å². The Morgan fingerprint density at radius 3 is 2.34 bits per heavy atom. The average Bonchev–Trinajstić information content (AvgIpc) is 3.71. The molecule has 1 fully saturated rings. The molecule has 0 atom stereocenters. The molecule has 0 radical (unpaired) electrons. The molecule has 47 heavy (non-hydrogen) atoms. The molecule has 2 aromatic carbocycles. The highest BCUT2D eigenvalue weighted by molar-refractivity contribution is 7.89. The zero-order valence-corrected chi connectivity index (χ0v) is 25.0. The summed E-state index contributed by atoms with van der Waals surface area (Å²) < 4.78 is 63.2. The number of nitrogens with zero attached hydrogens (tertiary/aromatic N) is 4. The first-order chi connectivity index (χ1) is 22.0. The summed E-state index contributed by atoms with van der Waals surface area (Å²) in [5, 5.41) is 15.8. The molecule has 0 saturated carbocycles. The van der Waals surface area contributed by atoms with E-state index >= 15 is 0 Å². The van der Waals surface area contributed by atoms with Gasteiger partial charge in [0.2, 0.25) is 10.0 Å². The molecule has 2 amide bonds. The van der Waals surface area contributed by atoms with Crippen LogP contribution in [-0.4, -0.2) is 65.7 Å². The number of benzene rings is 2. The van der Waals surface area contributed by atoms with E-state index in [-0.39, 0.29) is 47.5 Å². The molecule has 3 aromatic heterocycles. The van der Waals surface area contributed by atoms with E-state index in [2.05, 4.69) is 20.6 Å². The standard InChI is InChI=1S/C15H15N3O7S.C13H7F2N3OS.CH4/c19-15(13-5-6-14(25-13)18(20)21)16-11-1-3-12(4-2-11)26(22,23)17-7-9-24-10-8-17;14-7-5-8(15)11-10(6-7)20-13(17-11)18-12(19)9-3-1-2-4-16-9;/h1-6H,7-10H2,(H,16,19);1-6H,(H,17,18,19);1H4. The second-order valence-electron chi connectivity index (χ2n) is 9.31. The number of morpholine rings is 1. The van der Waals surface area contributed by atoms with Crippen molar-refractivity contribution < 1.29 is 40.9 Å². The molecular weight excluding hydrogens is 662 g/mol. The Kier molecular flexibility index (Phi) is 11.0. The molecule has 14 nitrogen and oxygen atoms in total. The van der Waals surface area contributed by atoms with Crippen molar-refractivity contribution in [1.82, 2.24) is 14.3 Å². The number of fused-ring (bicyclic) bond motifs is 1. The number of ether oxygens (including phenoxy) is 1. The van der Waals surface area contributed by atoms with Crippen LogP contribution in [0, 0.1) is 21.7 Å². The Balaban J connectivity index is 0.000000215. The lowest BCUT2D eigenvalue weighted by atomic mass is 10.3. The second kappa shape index (κ2) is 14.9. The van der Waals surface area contributed by atoms with Gasteiger partial charge < -0.3 is 14.5 Å². The Morgan fingerprint density at radius 1 is 0.979 bits per heavy atom. The molecule has 0 unspecified atom stereocenters. The van der Waals surface area contributed by atoms with Gasteiger partial charge in [-0.3, -0.25) is 30.0 Å². The van der Waals surface area contributed by atoms with E-state index in [0.717, 1.165) is 23.5 Å². The SMILES string of the molecule is C.O=C(Nc1ccc(S(=O)(=O)N2CCOCC2)cc1)c1ccc([N+](=O)[O-])o1.O=C(Nc1nc2c(F)cc(F)cc2s1)c1ccccn1. The van der Waals surface area contributed by atoms with Gasteiger partial charge in [0, 0.05) is 31.0 Å². The van der Waals surface area contributed by atoms with Gasteiger partial charge >= 0.3 is 5.88 Å². The molecule has 18 heteroatoms.